The summed E-state index contributed by atoms with van der Waals surface area (Å²) in [5.41, 5.74) is 0.897. The summed E-state index contributed by atoms with van der Waals surface area (Å²) in [6, 6.07) is 6.03. The summed E-state index contributed by atoms with van der Waals surface area (Å²) in [5, 5.41) is 19.4. The third kappa shape index (κ3) is 4.09. The minimum absolute atomic E-state index is 0.216. The Bertz CT molecular complexity index is 453. The van der Waals surface area contributed by atoms with Gasteiger partial charge in [0, 0.05) is 44.4 Å². The number of para-hydroxylation sites is 1. The number of likely N-dealkylation sites (N-methyl/N-ethyl adjacent to an activating group) is 1. The molecule has 1 aromatic carbocycles. The average Bonchev–Trinajstić information content (AvgIpc) is 2.47. The first kappa shape index (κ1) is 16.1. The molecule has 118 valence electrons. The van der Waals surface area contributed by atoms with Crippen LogP contribution in [0, 0.1) is 0 Å². The van der Waals surface area contributed by atoms with Crippen LogP contribution in [0.5, 0.6) is 11.5 Å². The van der Waals surface area contributed by atoms with Gasteiger partial charge in [-0.25, -0.2) is 0 Å². The summed E-state index contributed by atoms with van der Waals surface area (Å²) in [7, 11) is 2.10. The summed E-state index contributed by atoms with van der Waals surface area (Å²) in [4.78, 5) is 4.62. The van der Waals surface area contributed by atoms with Crippen LogP contribution in [0.3, 0.4) is 0 Å². The molecule has 1 fully saturated rings. The van der Waals surface area contributed by atoms with Crippen LogP contribution in [0.2, 0.25) is 0 Å². The lowest BCUT2D eigenvalue weighted by Crippen LogP contribution is -2.51. The highest BCUT2D eigenvalue weighted by Gasteiger charge is 2.24. The van der Waals surface area contributed by atoms with Gasteiger partial charge in [0.1, 0.15) is 0 Å². The van der Waals surface area contributed by atoms with Crippen molar-refractivity contribution in [1.82, 2.24) is 9.80 Å². The number of aliphatic hydroxyl groups excluding tert-OH is 1. The number of piperazine rings is 1. The van der Waals surface area contributed by atoms with Crippen molar-refractivity contribution in [2.24, 2.45) is 0 Å². The van der Waals surface area contributed by atoms with E-state index in [0.29, 0.717) is 24.9 Å². The summed E-state index contributed by atoms with van der Waals surface area (Å²) >= 11 is 0. The molecule has 1 aliphatic heterocycles. The van der Waals surface area contributed by atoms with Crippen LogP contribution in [0.1, 0.15) is 18.9 Å². The molecule has 0 spiro atoms. The fourth-order valence-corrected chi connectivity index (χ4v) is 2.82. The van der Waals surface area contributed by atoms with Crippen molar-refractivity contribution in [2.45, 2.75) is 25.9 Å². The van der Waals surface area contributed by atoms with E-state index in [2.05, 4.69) is 16.8 Å². The lowest BCUT2D eigenvalue weighted by molar-refractivity contribution is 0.0738. The number of hydrogen-bond acceptors (Lipinski definition) is 5. The largest absolute Gasteiger partial charge is 0.504 e. The maximum atomic E-state index is 10.3. The Morgan fingerprint density at radius 1 is 1.33 bits per heavy atom. The summed E-state index contributed by atoms with van der Waals surface area (Å²) < 4.78 is 5.43. The van der Waals surface area contributed by atoms with Crippen molar-refractivity contribution in [3.63, 3.8) is 0 Å². The monoisotopic (exact) mass is 294 g/mol. The standard InChI is InChI=1S/C16H26N2O3/c1-3-21-15-6-4-5-13(16(15)20)11-18-9-8-17(2)14(12-18)7-10-19/h4-6,14,19-20H,3,7-12H2,1-2H3/t14-/m1/s1. The Morgan fingerprint density at radius 3 is 2.86 bits per heavy atom. The second-order valence-corrected chi connectivity index (χ2v) is 5.58. The first-order valence-electron chi connectivity index (χ1n) is 7.62. The first-order chi connectivity index (χ1) is 10.2. The third-order valence-electron chi connectivity index (χ3n) is 4.10. The number of ether oxygens (including phenoxy) is 1. The number of phenols is 1. The van der Waals surface area contributed by atoms with Crippen molar-refractivity contribution in [2.75, 3.05) is 39.9 Å². The quantitative estimate of drug-likeness (QED) is 0.828. The molecule has 5 nitrogen and oxygen atoms in total. The zero-order chi connectivity index (χ0) is 15.2. The van der Waals surface area contributed by atoms with Gasteiger partial charge < -0.3 is 19.8 Å². The molecule has 1 saturated heterocycles. The molecule has 0 amide bonds. The molecule has 0 unspecified atom stereocenters. The van der Waals surface area contributed by atoms with Crippen molar-refractivity contribution >= 4 is 0 Å². The second-order valence-electron chi connectivity index (χ2n) is 5.58. The Balaban J connectivity index is 2.03. The molecular formula is C16H26N2O3. The van der Waals surface area contributed by atoms with Crippen molar-refractivity contribution in [3.8, 4) is 11.5 Å². The average molecular weight is 294 g/mol. The van der Waals surface area contributed by atoms with Crippen LogP contribution in [-0.2, 0) is 6.54 Å². The molecule has 0 aromatic heterocycles. The van der Waals surface area contributed by atoms with Crippen LogP contribution in [0.15, 0.2) is 18.2 Å². The summed E-state index contributed by atoms with van der Waals surface area (Å²) in [5.74, 6) is 0.799. The van der Waals surface area contributed by atoms with Gasteiger partial charge in [0.2, 0.25) is 0 Å². The number of aliphatic hydroxyl groups is 1. The van der Waals surface area contributed by atoms with Gasteiger partial charge in [-0.05, 0) is 26.5 Å². The summed E-state index contributed by atoms with van der Waals surface area (Å²) in [6.45, 7) is 6.25. The van der Waals surface area contributed by atoms with Crippen LogP contribution < -0.4 is 4.74 Å². The van der Waals surface area contributed by atoms with Crippen molar-refractivity contribution < 1.29 is 14.9 Å². The summed E-state index contributed by atoms with van der Waals surface area (Å²) in [6.07, 6.45) is 0.790. The topological polar surface area (TPSA) is 56.2 Å². The van der Waals surface area contributed by atoms with Crippen LogP contribution in [0.25, 0.3) is 0 Å². The van der Waals surface area contributed by atoms with E-state index in [0.717, 1.165) is 31.6 Å². The molecule has 0 saturated carbocycles. The number of benzene rings is 1. The molecule has 0 radical (unpaired) electrons. The van der Waals surface area contributed by atoms with Gasteiger partial charge in [-0.2, -0.15) is 0 Å². The van der Waals surface area contributed by atoms with Gasteiger partial charge in [-0.1, -0.05) is 12.1 Å². The predicted octanol–water partition coefficient (Wildman–Crippen LogP) is 1.29. The molecular weight excluding hydrogens is 268 g/mol. The molecule has 1 aromatic rings. The molecule has 1 atom stereocenters. The SMILES string of the molecule is CCOc1cccc(CN2CCN(C)[C@H](CCO)C2)c1O. The third-order valence-corrected chi connectivity index (χ3v) is 4.10. The van der Waals surface area contributed by atoms with Gasteiger partial charge in [0.15, 0.2) is 11.5 Å². The highest BCUT2D eigenvalue weighted by Crippen LogP contribution is 2.31. The van der Waals surface area contributed by atoms with Gasteiger partial charge in [0.25, 0.3) is 0 Å². The van der Waals surface area contributed by atoms with Gasteiger partial charge in [-0.3, -0.25) is 4.90 Å². The van der Waals surface area contributed by atoms with E-state index in [9.17, 15) is 5.11 Å². The molecule has 2 N–H and O–H groups in total. The predicted molar refractivity (Wildman–Crippen MR) is 82.7 cm³/mol. The number of hydrogen-bond donors (Lipinski definition) is 2. The molecule has 21 heavy (non-hydrogen) atoms. The molecule has 0 bridgehead atoms. The van der Waals surface area contributed by atoms with E-state index < -0.39 is 0 Å². The number of nitrogens with zero attached hydrogens (tertiary/aromatic N) is 2. The second kappa shape index (κ2) is 7.64. The fourth-order valence-electron chi connectivity index (χ4n) is 2.82. The Kier molecular flexibility index (Phi) is 5.85. The highest BCUT2D eigenvalue weighted by molar-refractivity contribution is 5.45. The highest BCUT2D eigenvalue weighted by atomic mass is 16.5. The molecule has 2 rings (SSSR count). The molecule has 1 aliphatic rings. The van der Waals surface area contributed by atoms with E-state index in [-0.39, 0.29) is 12.4 Å². The molecule has 5 heteroatoms. The fraction of sp³-hybridized carbons (Fsp3) is 0.625. The molecule has 0 aliphatic carbocycles. The Labute approximate surface area is 126 Å². The van der Waals surface area contributed by atoms with Crippen LogP contribution in [-0.4, -0.2) is 66.0 Å². The number of rotatable bonds is 6. The zero-order valence-corrected chi connectivity index (χ0v) is 13.0. The lowest BCUT2D eigenvalue weighted by Gasteiger charge is -2.39. The lowest BCUT2D eigenvalue weighted by atomic mass is 10.1. The van der Waals surface area contributed by atoms with Crippen molar-refractivity contribution in [3.05, 3.63) is 23.8 Å². The maximum absolute atomic E-state index is 10.3. The maximum Gasteiger partial charge on any atom is 0.162 e. The van der Waals surface area contributed by atoms with E-state index in [1.807, 2.05) is 19.1 Å². The van der Waals surface area contributed by atoms with E-state index >= 15 is 0 Å². The minimum atomic E-state index is 0.216. The van der Waals surface area contributed by atoms with Crippen LogP contribution >= 0.6 is 0 Å². The van der Waals surface area contributed by atoms with E-state index in [1.54, 1.807) is 6.07 Å². The molecule has 1 heterocycles. The first-order valence-corrected chi connectivity index (χ1v) is 7.62. The zero-order valence-electron chi connectivity index (χ0n) is 13.0. The Hall–Kier alpha value is -1.30. The van der Waals surface area contributed by atoms with E-state index in [4.69, 9.17) is 9.84 Å². The van der Waals surface area contributed by atoms with E-state index in [1.165, 1.54) is 0 Å². The minimum Gasteiger partial charge on any atom is -0.504 e. The van der Waals surface area contributed by atoms with Gasteiger partial charge in [0.05, 0.1) is 6.61 Å². The number of phenolic OH excluding ortho intramolecular Hbond substituents is 1. The number of aromatic hydroxyl groups is 1. The normalized spacial score (nSPS) is 20.6. The van der Waals surface area contributed by atoms with Gasteiger partial charge in [-0.15, -0.1) is 0 Å². The van der Waals surface area contributed by atoms with Crippen LogP contribution in [0.4, 0.5) is 0 Å². The Morgan fingerprint density at radius 2 is 2.14 bits per heavy atom. The van der Waals surface area contributed by atoms with Gasteiger partial charge >= 0.3 is 0 Å². The smallest absolute Gasteiger partial charge is 0.162 e. The van der Waals surface area contributed by atoms with Crippen molar-refractivity contribution in [1.29, 1.82) is 0 Å².